The van der Waals surface area contributed by atoms with E-state index < -0.39 is 11.5 Å². The summed E-state index contributed by atoms with van der Waals surface area (Å²) in [6, 6.07) is 14.2. The average molecular weight is 506 g/mol. The topological polar surface area (TPSA) is 74.0 Å². The Bertz CT molecular complexity index is 1260. The Kier molecular flexibility index (Phi) is 7.17. The quantitative estimate of drug-likeness (QED) is 0.440. The molecule has 2 aromatic rings. The van der Waals surface area contributed by atoms with Crippen LogP contribution < -0.4 is 10.1 Å². The molecule has 2 aliphatic heterocycles. The molecular formula is C29H34FN4O3+. The number of hydrogen-bond acceptors (Lipinski definition) is 4. The van der Waals surface area contributed by atoms with Gasteiger partial charge in [0.2, 0.25) is 12.1 Å². The molecule has 1 saturated carbocycles. The van der Waals surface area contributed by atoms with Crippen LogP contribution in [-0.4, -0.2) is 65.6 Å². The van der Waals surface area contributed by atoms with Crippen LogP contribution in [0.15, 0.2) is 65.8 Å². The van der Waals surface area contributed by atoms with E-state index in [2.05, 4.69) is 10.4 Å². The molecule has 2 amide bonds. The molecule has 1 aliphatic carbocycles. The number of nitrogens with zero attached hydrogens (tertiary/aromatic N) is 3. The third-order valence-corrected chi connectivity index (χ3v) is 7.12. The molecule has 194 valence electrons. The number of allylic oxidation sites excluding steroid dienone is 1. The second-order valence-electron chi connectivity index (χ2n) is 10.0. The fourth-order valence-corrected chi connectivity index (χ4v) is 4.87. The monoisotopic (exact) mass is 505 g/mol. The van der Waals surface area contributed by atoms with Crippen molar-refractivity contribution in [2.45, 2.75) is 50.2 Å². The van der Waals surface area contributed by atoms with Crippen molar-refractivity contribution in [1.82, 2.24) is 10.2 Å². The summed E-state index contributed by atoms with van der Waals surface area (Å²) in [6.07, 6.45) is 9.97. The lowest BCUT2D eigenvalue weighted by Gasteiger charge is -2.32. The van der Waals surface area contributed by atoms with Gasteiger partial charge in [0, 0.05) is 13.4 Å². The van der Waals surface area contributed by atoms with Gasteiger partial charge in [0.05, 0.1) is 6.54 Å². The number of halogens is 1. The maximum atomic E-state index is 14.2. The molecule has 0 spiro atoms. The molecule has 2 fully saturated rings. The SMILES string of the molecule is Cc1ccc(OC2CCCN(C(=O)C[N+]3=CC(NC(=O)/C=C/C4(c5ccccc5F)CC4)C=N3)C2)cc1.[HH]. The van der Waals surface area contributed by atoms with Crippen molar-refractivity contribution in [3.05, 3.63) is 77.6 Å². The van der Waals surface area contributed by atoms with Crippen LogP contribution in [-0.2, 0) is 15.0 Å². The van der Waals surface area contributed by atoms with Crippen LogP contribution in [0.5, 0.6) is 5.75 Å². The van der Waals surface area contributed by atoms with E-state index in [9.17, 15) is 14.0 Å². The number of rotatable bonds is 8. The van der Waals surface area contributed by atoms with Gasteiger partial charge >= 0.3 is 0 Å². The number of benzene rings is 2. The third-order valence-electron chi connectivity index (χ3n) is 7.12. The molecule has 2 atom stereocenters. The van der Waals surface area contributed by atoms with Crippen LogP contribution in [0.25, 0.3) is 0 Å². The minimum Gasteiger partial charge on any atom is -0.489 e. The first-order chi connectivity index (χ1) is 17.9. The highest BCUT2D eigenvalue weighted by Crippen LogP contribution is 2.50. The Morgan fingerprint density at radius 1 is 1.24 bits per heavy atom. The van der Waals surface area contributed by atoms with Crippen molar-refractivity contribution in [1.29, 1.82) is 0 Å². The Morgan fingerprint density at radius 3 is 2.78 bits per heavy atom. The minimum atomic E-state index is -0.410. The molecule has 2 heterocycles. The Balaban J connectivity index is 0.00000336. The predicted octanol–water partition coefficient (Wildman–Crippen LogP) is 3.61. The zero-order valence-electron chi connectivity index (χ0n) is 21.0. The van der Waals surface area contributed by atoms with E-state index in [1.807, 2.05) is 42.2 Å². The van der Waals surface area contributed by atoms with Crippen LogP contribution in [0, 0.1) is 12.7 Å². The number of carbonyl (C=O) groups excluding carboxylic acids is 2. The van der Waals surface area contributed by atoms with Gasteiger partial charge in [-0.1, -0.05) is 46.7 Å². The summed E-state index contributed by atoms with van der Waals surface area (Å²) < 4.78 is 21.8. The predicted molar refractivity (Wildman–Crippen MR) is 142 cm³/mol. The first-order valence-corrected chi connectivity index (χ1v) is 12.8. The van der Waals surface area contributed by atoms with E-state index >= 15 is 0 Å². The number of hydrazone groups is 1. The molecule has 7 nitrogen and oxygen atoms in total. The smallest absolute Gasteiger partial charge is 0.291 e. The zero-order valence-corrected chi connectivity index (χ0v) is 21.0. The third kappa shape index (κ3) is 6.13. The van der Waals surface area contributed by atoms with Gasteiger partial charge < -0.3 is 15.0 Å². The van der Waals surface area contributed by atoms with Crippen molar-refractivity contribution in [3.8, 4) is 5.75 Å². The van der Waals surface area contributed by atoms with Gasteiger partial charge in [-0.2, -0.15) is 0 Å². The van der Waals surface area contributed by atoms with Gasteiger partial charge in [0.25, 0.3) is 12.5 Å². The molecule has 0 aromatic heterocycles. The van der Waals surface area contributed by atoms with Crippen LogP contribution in [0.3, 0.4) is 0 Å². The number of ether oxygens (including phenoxy) is 1. The lowest BCUT2D eigenvalue weighted by molar-refractivity contribution is -0.515. The first kappa shape index (κ1) is 24.9. The van der Waals surface area contributed by atoms with Crippen molar-refractivity contribution < 1.29 is 24.8 Å². The van der Waals surface area contributed by atoms with E-state index in [4.69, 9.17) is 4.74 Å². The summed E-state index contributed by atoms with van der Waals surface area (Å²) in [4.78, 5) is 27.2. The molecule has 0 radical (unpaired) electrons. The number of amides is 2. The summed E-state index contributed by atoms with van der Waals surface area (Å²) in [5.74, 6) is 0.258. The Labute approximate surface area is 217 Å². The number of piperidine rings is 1. The van der Waals surface area contributed by atoms with Gasteiger partial charge in [-0.15, -0.1) is 0 Å². The number of aryl methyl sites for hydroxylation is 1. The Hall–Kier alpha value is -3.81. The van der Waals surface area contributed by atoms with Crippen LogP contribution >= 0.6 is 0 Å². The van der Waals surface area contributed by atoms with E-state index in [1.54, 1.807) is 35.3 Å². The van der Waals surface area contributed by atoms with Crippen LogP contribution in [0.4, 0.5) is 4.39 Å². The lowest BCUT2D eigenvalue weighted by atomic mass is 9.95. The lowest BCUT2D eigenvalue weighted by Crippen LogP contribution is -2.46. The normalized spacial score (nSPS) is 22.1. The fourth-order valence-electron chi connectivity index (χ4n) is 4.87. The van der Waals surface area contributed by atoms with Gasteiger partial charge in [-0.25, -0.2) is 4.39 Å². The molecule has 8 heteroatoms. The van der Waals surface area contributed by atoms with E-state index in [0.717, 1.165) is 31.4 Å². The number of likely N-dealkylation sites (tertiary alicyclic amines) is 1. The zero-order chi connectivity index (χ0) is 25.8. The van der Waals surface area contributed by atoms with E-state index in [-0.39, 0.29) is 31.7 Å². The van der Waals surface area contributed by atoms with Gasteiger partial charge in [-0.3, -0.25) is 9.59 Å². The highest BCUT2D eigenvalue weighted by Gasteiger charge is 2.43. The molecule has 2 aromatic carbocycles. The highest BCUT2D eigenvalue weighted by molar-refractivity contribution is 5.97. The van der Waals surface area contributed by atoms with Gasteiger partial charge in [0.1, 0.15) is 23.9 Å². The van der Waals surface area contributed by atoms with Crippen molar-refractivity contribution in [2.24, 2.45) is 5.10 Å². The van der Waals surface area contributed by atoms with Crippen LogP contribution in [0.2, 0.25) is 0 Å². The second-order valence-corrected chi connectivity index (χ2v) is 10.0. The summed E-state index contributed by atoms with van der Waals surface area (Å²) in [6.45, 7) is 3.37. The fraction of sp³-hybridized carbons (Fsp3) is 0.379. The highest BCUT2D eigenvalue weighted by atomic mass is 19.1. The van der Waals surface area contributed by atoms with Gasteiger partial charge in [0.15, 0.2) is 6.04 Å². The first-order valence-electron chi connectivity index (χ1n) is 12.8. The molecule has 3 aliphatic rings. The Morgan fingerprint density at radius 2 is 2.03 bits per heavy atom. The van der Waals surface area contributed by atoms with Crippen LogP contribution in [0.1, 0.15) is 38.2 Å². The summed E-state index contributed by atoms with van der Waals surface area (Å²) >= 11 is 0. The standard InChI is InChI=1S/C29H31FN4O3.H2/c1-21-8-10-23(11-9-21)37-24-5-4-16-33(19-24)28(36)20-34-18-22(17-31-34)32-27(35)12-13-29(14-15-29)25-6-2-3-7-26(25)30;/h2-3,6-13,17-18,22,24H,4-5,14-16,19-20H2,1H3;1H/p+1/b13-12+;. The minimum absolute atomic E-state index is 0. The molecule has 0 bridgehead atoms. The number of nitrogens with one attached hydrogen (secondary N) is 1. The molecule has 5 rings (SSSR count). The number of carbonyl (C=O) groups is 2. The molecule has 1 saturated heterocycles. The van der Waals surface area contributed by atoms with Crippen molar-refractivity contribution in [2.75, 3.05) is 19.6 Å². The maximum absolute atomic E-state index is 14.2. The second kappa shape index (κ2) is 10.7. The molecule has 1 N–H and O–H groups in total. The summed E-state index contributed by atoms with van der Waals surface area (Å²) in [7, 11) is 0. The maximum Gasteiger partial charge on any atom is 0.291 e. The number of hydrogen-bond donors (Lipinski definition) is 1. The average Bonchev–Trinajstić information content (AvgIpc) is 3.56. The van der Waals surface area contributed by atoms with E-state index in [0.29, 0.717) is 18.7 Å². The van der Waals surface area contributed by atoms with Gasteiger partial charge in [-0.05, 0) is 67.5 Å². The van der Waals surface area contributed by atoms with E-state index in [1.165, 1.54) is 17.7 Å². The largest absolute Gasteiger partial charge is 0.489 e. The molecule has 2 unspecified atom stereocenters. The molecule has 37 heavy (non-hydrogen) atoms. The van der Waals surface area contributed by atoms with Crippen molar-refractivity contribution in [3.63, 3.8) is 0 Å². The van der Waals surface area contributed by atoms with Crippen molar-refractivity contribution >= 4 is 24.2 Å². The summed E-state index contributed by atoms with van der Waals surface area (Å²) in [5.41, 5.74) is 1.40. The summed E-state index contributed by atoms with van der Waals surface area (Å²) in [5, 5.41) is 7.12. The molecular weight excluding hydrogens is 471 g/mol.